The van der Waals surface area contributed by atoms with Crippen LogP contribution in [0, 0.1) is 0 Å². The summed E-state index contributed by atoms with van der Waals surface area (Å²) >= 11 is 0. The third-order valence-corrected chi connectivity index (χ3v) is 2.66. The van der Waals surface area contributed by atoms with Gasteiger partial charge in [-0.1, -0.05) is 24.3 Å². The van der Waals surface area contributed by atoms with Gasteiger partial charge >= 0.3 is 0 Å². The molecule has 2 nitrogen and oxygen atoms in total. The smallest absolute Gasteiger partial charge is 0.0720 e. The van der Waals surface area contributed by atoms with E-state index in [2.05, 4.69) is 40.7 Å². The molecule has 1 N–H and O–H groups in total. The van der Waals surface area contributed by atoms with Crippen LogP contribution >= 0.6 is 0 Å². The Balaban J connectivity index is 2.12. The second kappa shape index (κ2) is 2.46. The van der Waals surface area contributed by atoms with Gasteiger partial charge in [-0.2, -0.15) is 0 Å². The lowest BCUT2D eigenvalue weighted by molar-refractivity contribution is 0.847. The molecule has 0 radical (unpaired) electrons. The minimum atomic E-state index is 0.363. The van der Waals surface area contributed by atoms with Crippen LogP contribution in [0.2, 0.25) is 0 Å². The molecule has 2 heterocycles. The average Bonchev–Trinajstić information content (AvgIpc) is 2.56. The number of hydrogen-bond donors (Lipinski definition) is 1. The van der Waals surface area contributed by atoms with Gasteiger partial charge in [0.25, 0.3) is 0 Å². The fraction of sp³-hybridized carbons (Fsp3) is 0.182. The van der Waals surface area contributed by atoms with Crippen LogP contribution in [-0.4, -0.2) is 12.3 Å². The number of hydrogen-bond acceptors (Lipinski definition) is 2. The Bertz CT molecular complexity index is 393. The van der Waals surface area contributed by atoms with Crippen LogP contribution in [0.25, 0.3) is 0 Å². The molecule has 0 aromatic heterocycles. The van der Waals surface area contributed by atoms with E-state index >= 15 is 0 Å². The maximum atomic E-state index is 4.13. The van der Waals surface area contributed by atoms with Crippen LogP contribution in [0.4, 0.5) is 5.69 Å². The lowest BCUT2D eigenvalue weighted by Gasteiger charge is -2.14. The quantitative estimate of drug-likeness (QED) is 0.634. The van der Waals surface area contributed by atoms with E-state index in [1.165, 1.54) is 11.3 Å². The maximum absolute atomic E-state index is 4.13. The van der Waals surface area contributed by atoms with Crippen molar-refractivity contribution in [1.29, 1.82) is 0 Å². The van der Waals surface area contributed by atoms with Gasteiger partial charge in [0.05, 0.1) is 6.04 Å². The Hall–Kier alpha value is -1.57. The van der Waals surface area contributed by atoms with Gasteiger partial charge in [-0.3, -0.25) is 4.99 Å². The van der Waals surface area contributed by atoms with Gasteiger partial charge in [0.2, 0.25) is 0 Å². The number of fused-ring (bicyclic) bond motifs is 3. The predicted octanol–water partition coefficient (Wildman–Crippen LogP) is 2.16. The van der Waals surface area contributed by atoms with Crippen LogP contribution in [0.3, 0.4) is 0 Å². The highest BCUT2D eigenvalue weighted by Gasteiger charge is 2.29. The molecule has 0 spiro atoms. The van der Waals surface area contributed by atoms with Crippen molar-refractivity contribution in [3.63, 3.8) is 0 Å². The standard InChI is InChI=1S/C11H10N2/c1-2-4-10-8(3-1)9-5-6-12-7-11(9)13-10/h1-7,9,11,13H. The highest BCUT2D eigenvalue weighted by Crippen LogP contribution is 2.36. The van der Waals surface area contributed by atoms with Gasteiger partial charge < -0.3 is 5.32 Å². The van der Waals surface area contributed by atoms with E-state index in [4.69, 9.17) is 0 Å². The Kier molecular flexibility index (Phi) is 1.30. The molecule has 2 aliphatic heterocycles. The molecule has 1 aromatic rings. The summed E-state index contributed by atoms with van der Waals surface area (Å²) in [5.41, 5.74) is 2.63. The monoisotopic (exact) mass is 170 g/mol. The van der Waals surface area contributed by atoms with Gasteiger partial charge in [-0.05, 0) is 11.6 Å². The van der Waals surface area contributed by atoms with Crippen LogP contribution in [-0.2, 0) is 0 Å². The summed E-state index contributed by atoms with van der Waals surface area (Å²) in [6, 6.07) is 8.81. The van der Waals surface area contributed by atoms with E-state index in [1.54, 1.807) is 0 Å². The summed E-state index contributed by atoms with van der Waals surface area (Å²) in [6.45, 7) is 0. The fourth-order valence-electron chi connectivity index (χ4n) is 2.02. The normalized spacial score (nSPS) is 28.0. The summed E-state index contributed by atoms with van der Waals surface area (Å²) in [5, 5.41) is 3.44. The first-order valence-electron chi connectivity index (χ1n) is 4.50. The predicted molar refractivity (Wildman–Crippen MR) is 54.2 cm³/mol. The Morgan fingerprint density at radius 2 is 2.15 bits per heavy atom. The number of benzene rings is 1. The second-order valence-electron chi connectivity index (χ2n) is 3.42. The Morgan fingerprint density at radius 3 is 3.15 bits per heavy atom. The Labute approximate surface area is 77.0 Å². The third-order valence-electron chi connectivity index (χ3n) is 2.66. The lowest BCUT2D eigenvalue weighted by Crippen LogP contribution is -2.22. The molecule has 2 unspecified atom stereocenters. The number of nitrogens with zero attached hydrogens (tertiary/aromatic N) is 1. The zero-order valence-corrected chi connectivity index (χ0v) is 7.14. The van der Waals surface area contributed by atoms with Gasteiger partial charge in [0.15, 0.2) is 0 Å². The molecular weight excluding hydrogens is 160 g/mol. The number of nitrogens with one attached hydrogen (secondary N) is 1. The van der Waals surface area contributed by atoms with Crippen molar-refractivity contribution < 1.29 is 0 Å². The molecular formula is C11H10N2. The molecule has 1 aromatic carbocycles. The molecule has 13 heavy (non-hydrogen) atoms. The van der Waals surface area contributed by atoms with Gasteiger partial charge in [-0.15, -0.1) is 0 Å². The second-order valence-corrected chi connectivity index (χ2v) is 3.42. The van der Waals surface area contributed by atoms with Crippen LogP contribution in [0.1, 0.15) is 11.5 Å². The summed E-state index contributed by atoms with van der Waals surface area (Å²) in [4.78, 5) is 4.13. The molecule has 0 aliphatic carbocycles. The van der Waals surface area contributed by atoms with E-state index in [0.717, 1.165) is 0 Å². The molecule has 0 fully saturated rings. The largest absolute Gasteiger partial charge is 0.376 e. The topological polar surface area (TPSA) is 24.4 Å². The van der Waals surface area contributed by atoms with Crippen molar-refractivity contribution in [3.05, 3.63) is 42.1 Å². The summed E-state index contributed by atoms with van der Waals surface area (Å²) in [5.74, 6) is 0.480. The minimum Gasteiger partial charge on any atom is -0.376 e. The van der Waals surface area contributed by atoms with Crippen LogP contribution in [0.5, 0.6) is 0 Å². The molecule has 2 atom stereocenters. The zero-order chi connectivity index (χ0) is 8.67. The molecule has 0 saturated heterocycles. The van der Waals surface area contributed by atoms with E-state index < -0.39 is 0 Å². The lowest BCUT2D eigenvalue weighted by atomic mass is 9.95. The van der Waals surface area contributed by atoms with Crippen LogP contribution in [0.15, 0.2) is 41.5 Å². The SMILES string of the molecule is C1=CC2c3ccccc3NC2C=N1. The number of anilines is 1. The Morgan fingerprint density at radius 1 is 1.23 bits per heavy atom. The first kappa shape index (κ1) is 6.89. The highest BCUT2D eigenvalue weighted by atomic mass is 15.0. The maximum Gasteiger partial charge on any atom is 0.0720 e. The summed E-state index contributed by atoms with van der Waals surface area (Å²) in [6.07, 6.45) is 6.01. The van der Waals surface area contributed by atoms with Crippen molar-refractivity contribution in [1.82, 2.24) is 0 Å². The average molecular weight is 170 g/mol. The molecule has 3 rings (SSSR count). The molecule has 0 saturated carbocycles. The first-order valence-corrected chi connectivity index (χ1v) is 4.50. The van der Waals surface area contributed by atoms with Crippen molar-refractivity contribution in [2.75, 3.05) is 5.32 Å². The molecule has 0 bridgehead atoms. The summed E-state index contributed by atoms with van der Waals surface area (Å²) < 4.78 is 0. The van der Waals surface area contributed by atoms with Gasteiger partial charge in [0, 0.05) is 24.0 Å². The molecule has 64 valence electrons. The van der Waals surface area contributed by atoms with E-state index in [1.807, 2.05) is 12.4 Å². The van der Waals surface area contributed by atoms with Gasteiger partial charge in [-0.25, -0.2) is 0 Å². The highest BCUT2D eigenvalue weighted by molar-refractivity contribution is 5.79. The van der Waals surface area contributed by atoms with Gasteiger partial charge in [0.1, 0.15) is 0 Å². The van der Waals surface area contributed by atoms with Crippen molar-refractivity contribution in [2.24, 2.45) is 4.99 Å². The van der Waals surface area contributed by atoms with Crippen molar-refractivity contribution >= 4 is 11.9 Å². The number of para-hydroxylation sites is 1. The van der Waals surface area contributed by atoms with E-state index in [-0.39, 0.29) is 0 Å². The number of aliphatic imine (C=N–C) groups is 1. The fourth-order valence-corrected chi connectivity index (χ4v) is 2.02. The summed E-state index contributed by atoms with van der Waals surface area (Å²) in [7, 11) is 0. The van der Waals surface area contributed by atoms with Crippen molar-refractivity contribution in [2.45, 2.75) is 12.0 Å². The zero-order valence-electron chi connectivity index (χ0n) is 7.14. The van der Waals surface area contributed by atoms with Crippen LogP contribution < -0.4 is 5.32 Å². The van der Waals surface area contributed by atoms with Crippen molar-refractivity contribution in [3.8, 4) is 0 Å². The number of rotatable bonds is 0. The molecule has 2 heteroatoms. The molecule has 0 amide bonds. The molecule has 2 aliphatic rings. The van der Waals surface area contributed by atoms with E-state index in [9.17, 15) is 0 Å². The van der Waals surface area contributed by atoms with E-state index in [0.29, 0.717) is 12.0 Å². The third kappa shape index (κ3) is 0.917. The minimum absolute atomic E-state index is 0.363. The first-order chi connectivity index (χ1) is 6.45.